The molecule has 1 aromatic heterocycles. The highest BCUT2D eigenvalue weighted by atomic mass is 16.2. The fourth-order valence-corrected chi connectivity index (χ4v) is 1.73. The van der Waals surface area contributed by atoms with E-state index >= 15 is 0 Å². The van der Waals surface area contributed by atoms with E-state index in [2.05, 4.69) is 24.1 Å². The summed E-state index contributed by atoms with van der Waals surface area (Å²) >= 11 is 0. The molecular formula is C14H15N3O3. The predicted octanol–water partition coefficient (Wildman–Crippen LogP) is 1.44. The van der Waals surface area contributed by atoms with Gasteiger partial charge in [0.1, 0.15) is 5.56 Å². The molecule has 6 nitrogen and oxygen atoms in total. The molecule has 0 saturated carbocycles. The van der Waals surface area contributed by atoms with Crippen molar-refractivity contribution in [2.45, 2.75) is 19.8 Å². The van der Waals surface area contributed by atoms with Gasteiger partial charge in [-0.2, -0.15) is 0 Å². The molecular weight excluding hydrogens is 258 g/mol. The number of nitrogens with one attached hydrogen (secondary N) is 3. The lowest BCUT2D eigenvalue weighted by molar-refractivity contribution is 0.102. The van der Waals surface area contributed by atoms with E-state index < -0.39 is 17.2 Å². The fraction of sp³-hybridized carbons (Fsp3) is 0.214. The normalized spacial score (nSPS) is 10.6. The van der Waals surface area contributed by atoms with Crippen molar-refractivity contribution in [2.75, 3.05) is 5.32 Å². The molecule has 20 heavy (non-hydrogen) atoms. The molecule has 2 aromatic rings. The Morgan fingerprint density at radius 2 is 1.80 bits per heavy atom. The Balaban J connectivity index is 2.19. The van der Waals surface area contributed by atoms with Crippen LogP contribution in [0.4, 0.5) is 5.69 Å². The summed E-state index contributed by atoms with van der Waals surface area (Å²) in [7, 11) is 0. The van der Waals surface area contributed by atoms with Gasteiger partial charge in [-0.15, -0.1) is 0 Å². The molecule has 0 aliphatic carbocycles. The number of H-pyrrole nitrogens is 2. The second-order valence-electron chi connectivity index (χ2n) is 4.72. The van der Waals surface area contributed by atoms with Crippen LogP contribution >= 0.6 is 0 Å². The summed E-state index contributed by atoms with van der Waals surface area (Å²) in [6, 6.07) is 7.37. The minimum absolute atomic E-state index is 0.141. The Bertz CT molecular complexity index is 726. The van der Waals surface area contributed by atoms with Crippen LogP contribution < -0.4 is 16.6 Å². The summed E-state index contributed by atoms with van der Waals surface area (Å²) in [5, 5.41) is 2.60. The Morgan fingerprint density at radius 3 is 2.35 bits per heavy atom. The third-order valence-electron chi connectivity index (χ3n) is 2.90. The van der Waals surface area contributed by atoms with Crippen LogP contribution in [0.25, 0.3) is 0 Å². The molecule has 0 aliphatic rings. The van der Waals surface area contributed by atoms with E-state index in [9.17, 15) is 14.4 Å². The highest BCUT2D eigenvalue weighted by Crippen LogP contribution is 2.17. The van der Waals surface area contributed by atoms with Crippen molar-refractivity contribution in [3.05, 3.63) is 62.4 Å². The van der Waals surface area contributed by atoms with Gasteiger partial charge in [-0.1, -0.05) is 26.0 Å². The van der Waals surface area contributed by atoms with Gasteiger partial charge in [0.05, 0.1) is 0 Å². The fourth-order valence-electron chi connectivity index (χ4n) is 1.73. The van der Waals surface area contributed by atoms with Crippen molar-refractivity contribution < 1.29 is 4.79 Å². The van der Waals surface area contributed by atoms with Gasteiger partial charge < -0.3 is 10.3 Å². The molecule has 1 aromatic carbocycles. The smallest absolute Gasteiger partial charge is 0.322 e. The molecule has 0 fully saturated rings. The second kappa shape index (κ2) is 5.56. The predicted molar refractivity (Wildman–Crippen MR) is 76.2 cm³/mol. The van der Waals surface area contributed by atoms with E-state index in [4.69, 9.17) is 0 Å². The monoisotopic (exact) mass is 273 g/mol. The molecule has 1 amide bonds. The molecule has 2 rings (SSSR count). The molecule has 0 spiro atoms. The maximum absolute atomic E-state index is 11.9. The molecule has 0 atom stereocenters. The Kier molecular flexibility index (Phi) is 3.84. The van der Waals surface area contributed by atoms with Gasteiger partial charge in [0, 0.05) is 11.9 Å². The van der Waals surface area contributed by atoms with E-state index in [1.165, 1.54) is 0 Å². The van der Waals surface area contributed by atoms with E-state index in [1.807, 2.05) is 17.1 Å². The van der Waals surface area contributed by atoms with Crippen LogP contribution in [0.3, 0.4) is 0 Å². The number of aromatic amines is 2. The van der Waals surface area contributed by atoms with Gasteiger partial charge in [0.15, 0.2) is 0 Å². The average Bonchev–Trinajstić information content (AvgIpc) is 2.39. The van der Waals surface area contributed by atoms with Crippen molar-refractivity contribution in [3.63, 3.8) is 0 Å². The van der Waals surface area contributed by atoms with Crippen molar-refractivity contribution in [3.8, 4) is 0 Å². The lowest BCUT2D eigenvalue weighted by atomic mass is 10.0. The number of aromatic nitrogens is 2. The first kappa shape index (κ1) is 13.8. The molecule has 0 unspecified atom stereocenters. The summed E-state index contributed by atoms with van der Waals surface area (Å²) in [4.78, 5) is 38.5. The van der Waals surface area contributed by atoms with Crippen molar-refractivity contribution >= 4 is 11.6 Å². The molecule has 1 heterocycles. The van der Waals surface area contributed by atoms with Crippen molar-refractivity contribution in [1.82, 2.24) is 9.97 Å². The van der Waals surface area contributed by atoms with Crippen LogP contribution in [0.5, 0.6) is 0 Å². The zero-order chi connectivity index (χ0) is 14.7. The van der Waals surface area contributed by atoms with Crippen LogP contribution in [0.1, 0.15) is 35.7 Å². The first-order valence-electron chi connectivity index (χ1n) is 6.20. The third kappa shape index (κ3) is 3.03. The number of carbonyl (C=O) groups is 1. The first-order valence-corrected chi connectivity index (χ1v) is 6.20. The molecule has 104 valence electrons. The molecule has 0 aliphatic heterocycles. The van der Waals surface area contributed by atoms with Crippen LogP contribution in [0.2, 0.25) is 0 Å². The molecule has 0 bridgehead atoms. The van der Waals surface area contributed by atoms with Gasteiger partial charge >= 0.3 is 5.69 Å². The lowest BCUT2D eigenvalue weighted by Gasteiger charge is -2.08. The van der Waals surface area contributed by atoms with E-state index in [0.717, 1.165) is 11.8 Å². The van der Waals surface area contributed by atoms with Crippen LogP contribution in [0, 0.1) is 0 Å². The lowest BCUT2D eigenvalue weighted by Crippen LogP contribution is -2.29. The summed E-state index contributed by atoms with van der Waals surface area (Å²) in [5.41, 5.74) is 0.241. The number of amides is 1. The number of anilines is 1. The molecule has 6 heteroatoms. The van der Waals surface area contributed by atoms with Crippen molar-refractivity contribution in [1.29, 1.82) is 0 Å². The molecule has 3 N–H and O–H groups in total. The highest BCUT2D eigenvalue weighted by molar-refractivity contribution is 6.03. The minimum Gasteiger partial charge on any atom is -0.322 e. The average molecular weight is 273 g/mol. The van der Waals surface area contributed by atoms with E-state index in [0.29, 0.717) is 11.6 Å². The topological polar surface area (TPSA) is 94.8 Å². The number of hydrogen-bond acceptors (Lipinski definition) is 3. The number of benzene rings is 1. The molecule has 0 radical (unpaired) electrons. The standard InChI is InChI=1S/C14H15N3O3/c1-8(2)9-3-5-10(6-4-9)16-12(18)11-7-15-14(20)17-13(11)19/h3-8H,1-2H3,(H,16,18)(H2,15,17,19,20). The van der Waals surface area contributed by atoms with Gasteiger partial charge in [-0.3, -0.25) is 14.6 Å². The van der Waals surface area contributed by atoms with Gasteiger partial charge in [-0.25, -0.2) is 4.79 Å². The van der Waals surface area contributed by atoms with Crippen molar-refractivity contribution in [2.24, 2.45) is 0 Å². The van der Waals surface area contributed by atoms with Gasteiger partial charge in [0.25, 0.3) is 11.5 Å². The zero-order valence-corrected chi connectivity index (χ0v) is 11.2. The summed E-state index contributed by atoms with van der Waals surface area (Å²) in [6.45, 7) is 4.15. The largest absolute Gasteiger partial charge is 0.325 e. The number of carbonyl (C=O) groups excluding carboxylic acids is 1. The van der Waals surface area contributed by atoms with Crippen LogP contribution in [-0.2, 0) is 0 Å². The number of hydrogen-bond donors (Lipinski definition) is 3. The second-order valence-corrected chi connectivity index (χ2v) is 4.72. The number of rotatable bonds is 3. The zero-order valence-electron chi connectivity index (χ0n) is 11.2. The van der Waals surface area contributed by atoms with Gasteiger partial charge in [-0.05, 0) is 23.6 Å². The summed E-state index contributed by atoms with van der Waals surface area (Å²) in [5.74, 6) is -0.165. The molecule has 0 saturated heterocycles. The van der Waals surface area contributed by atoms with E-state index in [-0.39, 0.29) is 5.56 Å². The summed E-state index contributed by atoms with van der Waals surface area (Å²) in [6.07, 6.45) is 1.10. The Labute approximate surface area is 114 Å². The highest BCUT2D eigenvalue weighted by Gasteiger charge is 2.11. The maximum Gasteiger partial charge on any atom is 0.325 e. The van der Waals surface area contributed by atoms with Crippen LogP contribution in [0.15, 0.2) is 40.1 Å². The SMILES string of the molecule is CC(C)c1ccc(NC(=O)c2c[nH]c(=O)[nH]c2=O)cc1. The third-order valence-corrected chi connectivity index (χ3v) is 2.90. The quantitative estimate of drug-likeness (QED) is 0.789. The Hall–Kier alpha value is -2.63. The summed E-state index contributed by atoms with van der Waals surface area (Å²) < 4.78 is 0. The maximum atomic E-state index is 11.9. The van der Waals surface area contributed by atoms with E-state index in [1.54, 1.807) is 12.1 Å². The van der Waals surface area contributed by atoms with Crippen LogP contribution in [-0.4, -0.2) is 15.9 Å². The first-order chi connectivity index (χ1) is 9.47. The Morgan fingerprint density at radius 1 is 1.15 bits per heavy atom. The van der Waals surface area contributed by atoms with Gasteiger partial charge in [0.2, 0.25) is 0 Å². The minimum atomic E-state index is -0.718.